The topological polar surface area (TPSA) is 115 Å². The molecule has 2 aliphatic rings. The molecule has 1 amide bonds. The van der Waals surface area contributed by atoms with Crippen molar-refractivity contribution in [2.75, 3.05) is 56.6 Å². The number of hydrogen-bond donors (Lipinski definition) is 3. The predicted octanol–water partition coefficient (Wildman–Crippen LogP) is 1.76. The lowest BCUT2D eigenvalue weighted by Crippen LogP contribution is -2.46. The van der Waals surface area contributed by atoms with Gasteiger partial charge in [0.25, 0.3) is 11.5 Å². The van der Waals surface area contributed by atoms with Crippen LogP contribution >= 0.6 is 0 Å². The largest absolute Gasteiger partial charge is 0.493 e. The minimum atomic E-state index is -0.291. The number of aromatic amines is 1. The number of carbonyl (C=O) groups excluding carboxylic acids is 1. The summed E-state index contributed by atoms with van der Waals surface area (Å²) in [5, 5.41) is 6.93. The first kappa shape index (κ1) is 23.1. The highest BCUT2D eigenvalue weighted by Gasteiger charge is 2.22. The molecule has 1 aromatic carbocycles. The van der Waals surface area contributed by atoms with Gasteiger partial charge in [-0.25, -0.2) is 9.97 Å². The van der Waals surface area contributed by atoms with E-state index in [0.717, 1.165) is 91.3 Å². The van der Waals surface area contributed by atoms with Crippen LogP contribution in [0.4, 0.5) is 11.4 Å². The lowest BCUT2D eigenvalue weighted by molar-refractivity contribution is 0.0952. The molecule has 0 bridgehead atoms. The number of piperazine rings is 1. The summed E-state index contributed by atoms with van der Waals surface area (Å²) in [4.78, 5) is 40.4. The Morgan fingerprint density at radius 1 is 1.17 bits per heavy atom. The van der Waals surface area contributed by atoms with Gasteiger partial charge in [-0.3, -0.25) is 14.5 Å². The fraction of sp³-hybridized carbons (Fsp3) is 0.440. The van der Waals surface area contributed by atoms with E-state index in [0.29, 0.717) is 6.61 Å². The first-order valence-corrected chi connectivity index (χ1v) is 12.2. The van der Waals surface area contributed by atoms with Crippen LogP contribution in [0.5, 0.6) is 5.75 Å². The number of nitrogens with zero attached hydrogens (tertiary/aromatic N) is 4. The SMILES string of the molecule is CCOc1cc(CN2CCN(c3cnc(C(=O)NC)nc3)CC2)cc2[nH]c(=O)c3c(c12)NCCC3. The number of fused-ring (bicyclic) bond motifs is 3. The number of H-pyrrole nitrogens is 1. The molecular formula is C25H31N7O3. The van der Waals surface area contributed by atoms with Gasteiger partial charge in [-0.15, -0.1) is 0 Å². The molecule has 2 aromatic heterocycles. The minimum Gasteiger partial charge on any atom is -0.493 e. The van der Waals surface area contributed by atoms with E-state index in [1.54, 1.807) is 19.4 Å². The first-order valence-electron chi connectivity index (χ1n) is 12.2. The van der Waals surface area contributed by atoms with E-state index in [1.165, 1.54) is 0 Å². The van der Waals surface area contributed by atoms with Crippen LogP contribution in [0.15, 0.2) is 29.3 Å². The van der Waals surface area contributed by atoms with Crippen molar-refractivity contribution < 1.29 is 9.53 Å². The van der Waals surface area contributed by atoms with Gasteiger partial charge in [0.2, 0.25) is 5.82 Å². The molecule has 4 heterocycles. The summed E-state index contributed by atoms with van der Waals surface area (Å²) in [5.74, 6) is 0.695. The Bertz CT molecular complexity index is 1280. The molecular weight excluding hydrogens is 446 g/mol. The average Bonchev–Trinajstić information content (AvgIpc) is 2.89. The Balaban J connectivity index is 1.32. The van der Waals surface area contributed by atoms with Gasteiger partial charge in [-0.1, -0.05) is 0 Å². The molecule has 35 heavy (non-hydrogen) atoms. The zero-order chi connectivity index (χ0) is 24.4. The molecule has 3 N–H and O–H groups in total. The number of aromatic nitrogens is 3. The molecule has 10 heteroatoms. The highest BCUT2D eigenvalue weighted by Crippen LogP contribution is 2.36. The molecule has 0 radical (unpaired) electrons. The van der Waals surface area contributed by atoms with E-state index in [4.69, 9.17) is 4.74 Å². The van der Waals surface area contributed by atoms with E-state index in [2.05, 4.69) is 47.5 Å². The molecule has 184 valence electrons. The van der Waals surface area contributed by atoms with Gasteiger partial charge in [-0.05, 0) is 37.5 Å². The number of nitrogens with one attached hydrogen (secondary N) is 3. The van der Waals surface area contributed by atoms with Gasteiger partial charge >= 0.3 is 0 Å². The normalized spacial score (nSPS) is 16.0. The van der Waals surface area contributed by atoms with Gasteiger partial charge in [-0.2, -0.15) is 0 Å². The summed E-state index contributed by atoms with van der Waals surface area (Å²) >= 11 is 0. The summed E-state index contributed by atoms with van der Waals surface area (Å²) in [7, 11) is 1.56. The van der Waals surface area contributed by atoms with Crippen molar-refractivity contribution in [3.05, 3.63) is 51.8 Å². The van der Waals surface area contributed by atoms with Gasteiger partial charge in [0.1, 0.15) is 5.75 Å². The van der Waals surface area contributed by atoms with Crippen molar-refractivity contribution in [3.63, 3.8) is 0 Å². The number of anilines is 2. The molecule has 2 aliphatic heterocycles. The highest BCUT2D eigenvalue weighted by atomic mass is 16.5. The fourth-order valence-corrected chi connectivity index (χ4v) is 4.90. The summed E-state index contributed by atoms with van der Waals surface area (Å²) in [6, 6.07) is 4.19. The number of carbonyl (C=O) groups is 1. The van der Waals surface area contributed by atoms with Gasteiger partial charge in [0.05, 0.1) is 41.3 Å². The Labute approximate surface area is 203 Å². The third kappa shape index (κ3) is 4.66. The van der Waals surface area contributed by atoms with E-state index in [9.17, 15) is 9.59 Å². The summed E-state index contributed by atoms with van der Waals surface area (Å²) < 4.78 is 6.03. The smallest absolute Gasteiger partial charge is 0.288 e. The molecule has 0 unspecified atom stereocenters. The van der Waals surface area contributed by atoms with Crippen molar-refractivity contribution in [3.8, 4) is 5.75 Å². The van der Waals surface area contributed by atoms with Gasteiger partial charge in [0.15, 0.2) is 0 Å². The molecule has 1 fully saturated rings. The third-order valence-corrected chi connectivity index (χ3v) is 6.65. The average molecular weight is 478 g/mol. The lowest BCUT2D eigenvalue weighted by atomic mass is 9.99. The zero-order valence-corrected chi connectivity index (χ0v) is 20.2. The van der Waals surface area contributed by atoms with Gasteiger partial charge < -0.3 is 25.3 Å². The summed E-state index contributed by atoms with van der Waals surface area (Å²) in [6.07, 6.45) is 5.15. The van der Waals surface area contributed by atoms with Crippen molar-refractivity contribution in [2.45, 2.75) is 26.3 Å². The molecule has 0 atom stereocenters. The second-order valence-corrected chi connectivity index (χ2v) is 8.89. The molecule has 0 aliphatic carbocycles. The van der Waals surface area contributed by atoms with Gasteiger partial charge in [0, 0.05) is 51.9 Å². The fourth-order valence-electron chi connectivity index (χ4n) is 4.90. The molecule has 1 saturated heterocycles. The molecule has 0 spiro atoms. The Morgan fingerprint density at radius 3 is 2.66 bits per heavy atom. The van der Waals surface area contributed by atoms with Crippen LogP contribution in [0.25, 0.3) is 10.9 Å². The first-order chi connectivity index (χ1) is 17.1. The second kappa shape index (κ2) is 9.91. The van der Waals surface area contributed by atoms with Crippen molar-refractivity contribution in [1.82, 2.24) is 25.2 Å². The van der Waals surface area contributed by atoms with Crippen molar-refractivity contribution >= 4 is 28.2 Å². The van der Waals surface area contributed by atoms with Crippen LogP contribution in [0.3, 0.4) is 0 Å². The highest BCUT2D eigenvalue weighted by molar-refractivity contribution is 5.98. The van der Waals surface area contributed by atoms with Crippen LogP contribution < -0.4 is 25.8 Å². The number of pyridine rings is 1. The second-order valence-electron chi connectivity index (χ2n) is 8.89. The van der Waals surface area contributed by atoms with Crippen molar-refractivity contribution in [2.24, 2.45) is 0 Å². The quantitative estimate of drug-likeness (QED) is 0.492. The van der Waals surface area contributed by atoms with Crippen LogP contribution in [-0.4, -0.2) is 72.1 Å². The monoisotopic (exact) mass is 477 g/mol. The number of amides is 1. The van der Waals surface area contributed by atoms with Crippen LogP contribution in [0, 0.1) is 0 Å². The Kier molecular flexibility index (Phi) is 6.54. The molecule has 0 saturated carbocycles. The molecule has 3 aromatic rings. The van der Waals surface area contributed by atoms with E-state index in [1.807, 2.05) is 6.92 Å². The molecule has 5 rings (SSSR count). The number of rotatable bonds is 6. The lowest BCUT2D eigenvalue weighted by Gasteiger charge is -2.35. The van der Waals surface area contributed by atoms with Crippen LogP contribution in [0.2, 0.25) is 0 Å². The molecule has 10 nitrogen and oxygen atoms in total. The maximum atomic E-state index is 12.7. The Hall–Kier alpha value is -3.66. The van der Waals surface area contributed by atoms with Crippen LogP contribution in [0.1, 0.15) is 35.1 Å². The van der Waals surface area contributed by atoms with Crippen LogP contribution in [-0.2, 0) is 13.0 Å². The van der Waals surface area contributed by atoms with E-state index >= 15 is 0 Å². The number of benzene rings is 1. The van der Waals surface area contributed by atoms with E-state index < -0.39 is 0 Å². The maximum absolute atomic E-state index is 12.7. The van der Waals surface area contributed by atoms with E-state index in [-0.39, 0.29) is 17.3 Å². The summed E-state index contributed by atoms with van der Waals surface area (Å²) in [6.45, 7) is 7.60. The third-order valence-electron chi connectivity index (χ3n) is 6.65. The maximum Gasteiger partial charge on any atom is 0.288 e. The number of hydrogen-bond acceptors (Lipinski definition) is 8. The minimum absolute atomic E-state index is 0.0161. The Morgan fingerprint density at radius 2 is 1.94 bits per heavy atom. The zero-order valence-electron chi connectivity index (χ0n) is 20.2. The summed E-state index contributed by atoms with van der Waals surface area (Å²) in [5.41, 5.74) is 4.56. The predicted molar refractivity (Wildman–Crippen MR) is 135 cm³/mol. The van der Waals surface area contributed by atoms with Crippen molar-refractivity contribution in [1.29, 1.82) is 0 Å². The number of ether oxygens (including phenoxy) is 1. The standard InChI is InChI=1S/C25H31N7O3/c1-3-35-20-12-16(11-19-21(20)22-18(24(33)30-19)5-4-6-27-22)15-31-7-9-32(10-8-31)17-13-28-23(29-14-17)25(34)26-2/h11-14,27H,3-10,15H2,1-2H3,(H,26,34)(H,30,33).